The van der Waals surface area contributed by atoms with Crippen LogP contribution < -0.4 is 5.32 Å². The van der Waals surface area contributed by atoms with Gasteiger partial charge in [0.2, 0.25) is 0 Å². The zero-order valence-electron chi connectivity index (χ0n) is 9.47. The quantitative estimate of drug-likeness (QED) is 0.680. The highest BCUT2D eigenvalue weighted by molar-refractivity contribution is 5.42. The van der Waals surface area contributed by atoms with Gasteiger partial charge in [-0.3, -0.25) is 0 Å². The van der Waals surface area contributed by atoms with Gasteiger partial charge < -0.3 is 5.32 Å². The lowest BCUT2D eigenvalue weighted by Crippen LogP contribution is -2.41. The summed E-state index contributed by atoms with van der Waals surface area (Å²) in [7, 11) is 0. The Balaban J connectivity index is 2.05. The first-order valence-electron chi connectivity index (χ1n) is 6.11. The van der Waals surface area contributed by atoms with Gasteiger partial charge >= 0.3 is 0 Å². The van der Waals surface area contributed by atoms with Crippen molar-refractivity contribution in [3.05, 3.63) is 34.9 Å². The van der Waals surface area contributed by atoms with Crippen molar-refractivity contribution in [2.24, 2.45) is 0 Å². The van der Waals surface area contributed by atoms with Gasteiger partial charge in [0.05, 0.1) is 0 Å². The van der Waals surface area contributed by atoms with Crippen LogP contribution in [0.15, 0.2) is 18.2 Å². The molecule has 1 saturated heterocycles. The van der Waals surface area contributed by atoms with Crippen LogP contribution in [-0.4, -0.2) is 13.1 Å². The predicted octanol–water partition coefficient (Wildman–Crippen LogP) is 2.56. The van der Waals surface area contributed by atoms with E-state index in [1.165, 1.54) is 44.3 Å². The minimum absolute atomic E-state index is 0.486. The Morgan fingerprint density at radius 3 is 3.00 bits per heavy atom. The molecule has 0 saturated carbocycles. The molecule has 3 rings (SSSR count). The molecule has 80 valence electrons. The second-order valence-electron chi connectivity index (χ2n) is 5.22. The summed E-state index contributed by atoms with van der Waals surface area (Å²) in [5.74, 6) is 0. The van der Waals surface area contributed by atoms with E-state index >= 15 is 0 Å². The second-order valence-corrected chi connectivity index (χ2v) is 5.22. The Morgan fingerprint density at radius 2 is 2.20 bits per heavy atom. The normalized spacial score (nSPS) is 29.4. The Labute approximate surface area is 91.9 Å². The molecule has 1 nitrogen and oxygen atoms in total. The van der Waals surface area contributed by atoms with Gasteiger partial charge in [0.1, 0.15) is 0 Å². The molecule has 0 radical (unpaired) electrons. The lowest BCUT2D eigenvalue weighted by atomic mass is 9.75. The first-order chi connectivity index (χ1) is 7.30. The molecular formula is C14H19N. The van der Waals surface area contributed by atoms with E-state index in [2.05, 4.69) is 30.4 Å². The van der Waals surface area contributed by atoms with Crippen LogP contribution in [0.5, 0.6) is 0 Å². The van der Waals surface area contributed by atoms with Crippen LogP contribution in [0.3, 0.4) is 0 Å². The number of rotatable bonds is 0. The van der Waals surface area contributed by atoms with Gasteiger partial charge in [-0.1, -0.05) is 23.8 Å². The average molecular weight is 201 g/mol. The Hall–Kier alpha value is -0.820. The maximum Gasteiger partial charge on any atom is 0.00842 e. The first kappa shape index (κ1) is 9.41. The molecule has 1 aliphatic carbocycles. The smallest absolute Gasteiger partial charge is 0.00842 e. The molecule has 1 fully saturated rings. The van der Waals surface area contributed by atoms with Gasteiger partial charge in [-0.25, -0.2) is 0 Å². The largest absolute Gasteiger partial charge is 0.316 e. The maximum atomic E-state index is 3.58. The van der Waals surface area contributed by atoms with Gasteiger partial charge in [0, 0.05) is 12.0 Å². The monoisotopic (exact) mass is 201 g/mol. The molecule has 1 unspecified atom stereocenters. The minimum Gasteiger partial charge on any atom is -0.316 e. The van der Waals surface area contributed by atoms with Crippen molar-refractivity contribution in [2.45, 2.75) is 38.0 Å². The van der Waals surface area contributed by atoms with E-state index in [4.69, 9.17) is 0 Å². The van der Waals surface area contributed by atoms with Gasteiger partial charge in [-0.05, 0) is 50.3 Å². The SMILES string of the molecule is Cc1ccc2c(c1)C1(CCCNC1)CC2. The lowest BCUT2D eigenvalue weighted by molar-refractivity contribution is 0.311. The van der Waals surface area contributed by atoms with Crippen LogP contribution in [0.2, 0.25) is 0 Å². The molecule has 0 amide bonds. The molecule has 1 aromatic rings. The molecule has 1 atom stereocenters. The van der Waals surface area contributed by atoms with Crippen molar-refractivity contribution in [2.75, 3.05) is 13.1 Å². The molecule has 0 aromatic heterocycles. The number of piperidine rings is 1. The van der Waals surface area contributed by atoms with E-state index < -0.39 is 0 Å². The summed E-state index contributed by atoms with van der Waals surface area (Å²) in [6.07, 6.45) is 5.37. The fourth-order valence-corrected chi connectivity index (χ4v) is 3.32. The van der Waals surface area contributed by atoms with Crippen LogP contribution in [0.1, 0.15) is 36.0 Å². The summed E-state index contributed by atoms with van der Waals surface area (Å²) in [6.45, 7) is 4.62. The average Bonchev–Trinajstić information content (AvgIpc) is 2.59. The van der Waals surface area contributed by atoms with E-state index in [1.54, 1.807) is 11.1 Å². The van der Waals surface area contributed by atoms with E-state index in [0.29, 0.717) is 5.41 Å². The molecule has 15 heavy (non-hydrogen) atoms. The third-order valence-electron chi connectivity index (χ3n) is 4.18. The van der Waals surface area contributed by atoms with Crippen LogP contribution >= 0.6 is 0 Å². The van der Waals surface area contributed by atoms with Crippen molar-refractivity contribution in [1.82, 2.24) is 5.32 Å². The van der Waals surface area contributed by atoms with E-state index in [-0.39, 0.29) is 0 Å². The molecule has 1 spiro atoms. The Bertz CT molecular complexity index is 369. The molecule has 2 aliphatic rings. The number of nitrogens with one attached hydrogen (secondary N) is 1. The van der Waals surface area contributed by atoms with Crippen molar-refractivity contribution in [3.63, 3.8) is 0 Å². The van der Waals surface area contributed by atoms with E-state index in [1.807, 2.05) is 0 Å². The number of aryl methyl sites for hydroxylation is 2. The van der Waals surface area contributed by atoms with Gasteiger partial charge in [0.15, 0.2) is 0 Å². The van der Waals surface area contributed by atoms with Gasteiger partial charge in [-0.2, -0.15) is 0 Å². The topological polar surface area (TPSA) is 12.0 Å². The highest BCUT2D eigenvalue weighted by atomic mass is 14.9. The van der Waals surface area contributed by atoms with Crippen molar-refractivity contribution < 1.29 is 0 Å². The summed E-state index contributed by atoms with van der Waals surface area (Å²) >= 11 is 0. The van der Waals surface area contributed by atoms with Crippen molar-refractivity contribution in [3.8, 4) is 0 Å². The van der Waals surface area contributed by atoms with Crippen LogP contribution in [-0.2, 0) is 11.8 Å². The summed E-state index contributed by atoms with van der Waals surface area (Å²) in [4.78, 5) is 0. The summed E-state index contributed by atoms with van der Waals surface area (Å²) in [5, 5.41) is 3.58. The molecule has 1 heteroatoms. The number of benzene rings is 1. The molecule has 1 aromatic carbocycles. The highest BCUT2D eigenvalue weighted by Gasteiger charge is 2.39. The van der Waals surface area contributed by atoms with Crippen LogP contribution in [0.4, 0.5) is 0 Å². The molecule has 1 heterocycles. The maximum absolute atomic E-state index is 3.58. The fourth-order valence-electron chi connectivity index (χ4n) is 3.32. The Kier molecular flexibility index (Phi) is 2.10. The van der Waals surface area contributed by atoms with Crippen molar-refractivity contribution >= 4 is 0 Å². The summed E-state index contributed by atoms with van der Waals surface area (Å²) in [5.41, 5.74) is 5.15. The third kappa shape index (κ3) is 1.41. The summed E-state index contributed by atoms with van der Waals surface area (Å²) < 4.78 is 0. The molecule has 1 aliphatic heterocycles. The van der Waals surface area contributed by atoms with E-state index in [9.17, 15) is 0 Å². The zero-order valence-corrected chi connectivity index (χ0v) is 9.47. The predicted molar refractivity (Wildman–Crippen MR) is 63.3 cm³/mol. The lowest BCUT2D eigenvalue weighted by Gasteiger charge is -2.35. The van der Waals surface area contributed by atoms with Crippen LogP contribution in [0, 0.1) is 6.92 Å². The fraction of sp³-hybridized carbons (Fsp3) is 0.571. The Morgan fingerprint density at radius 1 is 1.27 bits per heavy atom. The first-order valence-corrected chi connectivity index (χ1v) is 6.11. The van der Waals surface area contributed by atoms with E-state index in [0.717, 1.165) is 0 Å². The minimum atomic E-state index is 0.486. The number of hydrogen-bond donors (Lipinski definition) is 1. The second kappa shape index (κ2) is 3.34. The zero-order chi connectivity index (χ0) is 10.3. The summed E-state index contributed by atoms with van der Waals surface area (Å²) in [6, 6.07) is 7.03. The highest BCUT2D eigenvalue weighted by Crippen LogP contribution is 2.43. The van der Waals surface area contributed by atoms with Crippen molar-refractivity contribution in [1.29, 1.82) is 0 Å². The van der Waals surface area contributed by atoms with Crippen LogP contribution in [0.25, 0.3) is 0 Å². The van der Waals surface area contributed by atoms with Gasteiger partial charge in [-0.15, -0.1) is 0 Å². The third-order valence-corrected chi connectivity index (χ3v) is 4.18. The number of fused-ring (bicyclic) bond motifs is 2. The standard InChI is InChI=1S/C14H19N/c1-11-3-4-12-5-7-14(13(12)9-11)6-2-8-15-10-14/h3-4,9,15H,2,5-8,10H2,1H3. The molecule has 1 N–H and O–H groups in total. The molecular weight excluding hydrogens is 182 g/mol. The van der Waals surface area contributed by atoms with Gasteiger partial charge in [0.25, 0.3) is 0 Å². The number of hydrogen-bond acceptors (Lipinski definition) is 1. The molecule has 0 bridgehead atoms.